The number of nitrogens with one attached hydrogen (secondary N) is 1. The smallest absolute Gasteiger partial charge is 0.408 e. The van der Waals surface area contributed by atoms with Crippen molar-refractivity contribution in [2.45, 2.75) is 52.7 Å². The highest BCUT2D eigenvalue weighted by Gasteiger charge is 2.28. The third-order valence-electron chi connectivity index (χ3n) is 3.07. The van der Waals surface area contributed by atoms with Crippen LogP contribution >= 0.6 is 0 Å². The predicted molar refractivity (Wildman–Crippen MR) is 79.4 cm³/mol. The van der Waals surface area contributed by atoms with Crippen molar-refractivity contribution in [3.05, 3.63) is 17.8 Å². The van der Waals surface area contributed by atoms with E-state index < -0.39 is 23.7 Å². The van der Waals surface area contributed by atoms with Gasteiger partial charge >= 0.3 is 12.1 Å². The Bertz CT molecular complexity index is 518. The number of hydrogen-bond acceptors (Lipinski definition) is 6. The average molecular weight is 312 g/mol. The van der Waals surface area contributed by atoms with Crippen molar-refractivity contribution in [2.24, 2.45) is 5.92 Å². The van der Waals surface area contributed by atoms with Crippen LogP contribution in [0.15, 0.2) is 10.7 Å². The summed E-state index contributed by atoms with van der Waals surface area (Å²) in [6.07, 6.45) is 1.44. The molecule has 0 aliphatic rings. The van der Waals surface area contributed by atoms with Crippen LogP contribution in [0.3, 0.4) is 0 Å². The number of esters is 1. The normalized spacial score (nSPS) is 14.1. The van der Waals surface area contributed by atoms with E-state index in [1.54, 1.807) is 20.8 Å². The van der Waals surface area contributed by atoms with Gasteiger partial charge in [-0.25, -0.2) is 14.6 Å². The fourth-order valence-electron chi connectivity index (χ4n) is 1.75. The van der Waals surface area contributed by atoms with Crippen LogP contribution in [0.2, 0.25) is 0 Å². The Morgan fingerprint density at radius 1 is 1.41 bits per heavy atom. The number of alkyl carbamates (subject to hydrolysis) is 1. The number of amides is 1. The first kappa shape index (κ1) is 18.0. The quantitative estimate of drug-likeness (QED) is 0.840. The Balaban J connectivity index is 2.91. The topological polar surface area (TPSA) is 90.7 Å². The summed E-state index contributed by atoms with van der Waals surface area (Å²) in [5.74, 6) is -0.285. The van der Waals surface area contributed by atoms with Crippen LogP contribution in [-0.4, -0.2) is 29.8 Å². The predicted octanol–water partition coefficient (Wildman–Crippen LogP) is 3.07. The average Bonchev–Trinajstić information content (AvgIpc) is 2.90. The molecule has 1 N–H and O–H groups in total. The Morgan fingerprint density at radius 2 is 2.05 bits per heavy atom. The van der Waals surface area contributed by atoms with Gasteiger partial charge in [0.05, 0.1) is 7.11 Å². The SMILES string of the molecule is CCC(C)C(NC(=O)OC(C)(C)C)c1nc(C(=O)OC)co1. The second-order valence-electron chi connectivity index (χ2n) is 6.07. The Kier molecular flexibility index (Phi) is 5.96. The Hall–Kier alpha value is -2.05. The molecule has 1 amide bonds. The maximum Gasteiger partial charge on any atom is 0.408 e. The molecule has 2 unspecified atom stereocenters. The zero-order valence-corrected chi connectivity index (χ0v) is 13.9. The molecule has 0 aliphatic heterocycles. The number of hydrogen-bond donors (Lipinski definition) is 1. The molecule has 0 aliphatic carbocycles. The van der Waals surface area contributed by atoms with Crippen LogP contribution in [0.1, 0.15) is 63.5 Å². The molecule has 1 rings (SSSR count). The molecule has 124 valence electrons. The number of oxazole rings is 1. The number of rotatable bonds is 5. The first-order chi connectivity index (χ1) is 10.2. The fourth-order valence-corrected chi connectivity index (χ4v) is 1.75. The second kappa shape index (κ2) is 7.29. The lowest BCUT2D eigenvalue weighted by molar-refractivity contribution is 0.0475. The maximum atomic E-state index is 12.0. The molecular formula is C15H24N2O5. The van der Waals surface area contributed by atoms with Gasteiger partial charge in [0, 0.05) is 0 Å². The van der Waals surface area contributed by atoms with Crippen molar-refractivity contribution in [1.29, 1.82) is 0 Å². The summed E-state index contributed by atoms with van der Waals surface area (Å²) in [6, 6.07) is -0.488. The molecule has 1 aromatic rings. The zero-order chi connectivity index (χ0) is 16.9. The number of ether oxygens (including phenoxy) is 2. The number of nitrogens with zero attached hydrogens (tertiary/aromatic N) is 1. The minimum Gasteiger partial charge on any atom is -0.464 e. The molecule has 7 nitrogen and oxygen atoms in total. The molecule has 7 heteroatoms. The van der Waals surface area contributed by atoms with Gasteiger partial charge in [0.15, 0.2) is 5.69 Å². The minimum absolute atomic E-state index is 0.0525. The van der Waals surface area contributed by atoms with E-state index in [1.807, 2.05) is 13.8 Å². The van der Waals surface area contributed by atoms with Gasteiger partial charge in [0.1, 0.15) is 17.9 Å². The number of carbonyl (C=O) groups is 2. The van der Waals surface area contributed by atoms with Gasteiger partial charge in [0.25, 0.3) is 0 Å². The van der Waals surface area contributed by atoms with Gasteiger partial charge in [-0.2, -0.15) is 0 Å². The highest BCUT2D eigenvalue weighted by atomic mass is 16.6. The monoisotopic (exact) mass is 312 g/mol. The highest BCUT2D eigenvalue weighted by Crippen LogP contribution is 2.24. The standard InChI is InChI=1S/C15H24N2O5/c1-7-9(2)11(17-14(19)22-15(3,4)5)12-16-10(8-21-12)13(18)20-6/h8-9,11H,7H2,1-6H3,(H,17,19). The summed E-state index contributed by atoms with van der Waals surface area (Å²) in [5, 5.41) is 2.74. The lowest BCUT2D eigenvalue weighted by atomic mass is 9.99. The van der Waals surface area contributed by atoms with Crippen LogP contribution in [0, 0.1) is 5.92 Å². The fraction of sp³-hybridized carbons (Fsp3) is 0.667. The summed E-state index contributed by atoms with van der Waals surface area (Å²) >= 11 is 0. The molecule has 0 fully saturated rings. The Labute approximate surface area is 130 Å². The van der Waals surface area contributed by atoms with Crippen molar-refractivity contribution in [3.63, 3.8) is 0 Å². The number of methoxy groups -OCH3 is 1. The molecule has 0 spiro atoms. The van der Waals surface area contributed by atoms with Gasteiger partial charge in [-0.1, -0.05) is 20.3 Å². The van der Waals surface area contributed by atoms with Gasteiger partial charge < -0.3 is 19.2 Å². The maximum absolute atomic E-state index is 12.0. The summed E-state index contributed by atoms with van der Waals surface area (Å²) in [5.41, 5.74) is -0.533. The molecule has 2 atom stereocenters. The van der Waals surface area contributed by atoms with Crippen LogP contribution in [-0.2, 0) is 9.47 Å². The van der Waals surface area contributed by atoms with Crippen molar-refractivity contribution in [2.75, 3.05) is 7.11 Å². The summed E-state index contributed by atoms with van der Waals surface area (Å²) in [6.45, 7) is 9.28. The molecule has 0 aromatic carbocycles. The molecule has 1 heterocycles. The van der Waals surface area contributed by atoms with Crippen molar-refractivity contribution >= 4 is 12.1 Å². The van der Waals surface area contributed by atoms with E-state index in [0.717, 1.165) is 6.42 Å². The summed E-state index contributed by atoms with van der Waals surface area (Å²) in [7, 11) is 1.27. The van der Waals surface area contributed by atoms with E-state index in [-0.39, 0.29) is 17.5 Å². The van der Waals surface area contributed by atoms with E-state index in [4.69, 9.17) is 9.15 Å². The van der Waals surface area contributed by atoms with Crippen molar-refractivity contribution < 1.29 is 23.5 Å². The van der Waals surface area contributed by atoms with Crippen LogP contribution in [0.5, 0.6) is 0 Å². The molecule has 22 heavy (non-hydrogen) atoms. The second-order valence-corrected chi connectivity index (χ2v) is 6.07. The van der Waals surface area contributed by atoms with E-state index in [1.165, 1.54) is 13.4 Å². The molecule has 0 saturated carbocycles. The van der Waals surface area contributed by atoms with Gasteiger partial charge in [-0.3, -0.25) is 0 Å². The van der Waals surface area contributed by atoms with E-state index in [2.05, 4.69) is 15.0 Å². The largest absolute Gasteiger partial charge is 0.464 e. The number of carbonyl (C=O) groups excluding carboxylic acids is 2. The molecule has 1 aromatic heterocycles. The lowest BCUT2D eigenvalue weighted by Gasteiger charge is -2.25. The Morgan fingerprint density at radius 3 is 2.55 bits per heavy atom. The van der Waals surface area contributed by atoms with Gasteiger partial charge in [-0.05, 0) is 26.7 Å². The van der Waals surface area contributed by atoms with Crippen molar-refractivity contribution in [3.8, 4) is 0 Å². The lowest BCUT2D eigenvalue weighted by Crippen LogP contribution is -2.37. The summed E-state index contributed by atoms with van der Waals surface area (Å²) in [4.78, 5) is 27.5. The zero-order valence-electron chi connectivity index (χ0n) is 13.9. The minimum atomic E-state index is -0.599. The molecule has 0 saturated heterocycles. The van der Waals surface area contributed by atoms with Gasteiger partial charge in [0.2, 0.25) is 5.89 Å². The van der Waals surface area contributed by atoms with Crippen LogP contribution in [0.25, 0.3) is 0 Å². The first-order valence-corrected chi connectivity index (χ1v) is 7.21. The third kappa shape index (κ3) is 5.05. The molecule has 0 radical (unpaired) electrons. The van der Waals surface area contributed by atoms with E-state index in [9.17, 15) is 9.59 Å². The van der Waals surface area contributed by atoms with E-state index in [0.29, 0.717) is 0 Å². The first-order valence-electron chi connectivity index (χ1n) is 7.21. The summed E-state index contributed by atoms with van der Waals surface area (Å²) < 4.78 is 15.2. The van der Waals surface area contributed by atoms with Crippen molar-refractivity contribution in [1.82, 2.24) is 10.3 Å². The van der Waals surface area contributed by atoms with Crippen LogP contribution < -0.4 is 5.32 Å². The molecule has 0 bridgehead atoms. The highest BCUT2D eigenvalue weighted by molar-refractivity contribution is 5.86. The third-order valence-corrected chi connectivity index (χ3v) is 3.07. The van der Waals surface area contributed by atoms with Crippen LogP contribution in [0.4, 0.5) is 4.79 Å². The van der Waals surface area contributed by atoms with Gasteiger partial charge in [-0.15, -0.1) is 0 Å². The van der Waals surface area contributed by atoms with E-state index >= 15 is 0 Å². The molecular weight excluding hydrogens is 288 g/mol. The number of aromatic nitrogens is 1.